The van der Waals surface area contributed by atoms with Gasteiger partial charge in [0.05, 0.1) is 10.3 Å². The van der Waals surface area contributed by atoms with Crippen molar-refractivity contribution in [1.82, 2.24) is 19.7 Å². The second kappa shape index (κ2) is 6.28. The highest BCUT2D eigenvalue weighted by atomic mass is 79.9. The summed E-state index contributed by atoms with van der Waals surface area (Å²) in [6.45, 7) is 0.411. The molecule has 1 aromatic carbocycles. The summed E-state index contributed by atoms with van der Waals surface area (Å²) in [6.07, 6.45) is 0. The zero-order chi connectivity index (χ0) is 17.5. The predicted molar refractivity (Wildman–Crippen MR) is 94.2 cm³/mol. The molecule has 0 amide bonds. The molecule has 0 aliphatic rings. The number of fused-ring (bicyclic) bond motifs is 1. The van der Waals surface area contributed by atoms with E-state index >= 15 is 0 Å². The van der Waals surface area contributed by atoms with Crippen molar-refractivity contribution in [2.24, 2.45) is 12.2 Å². The van der Waals surface area contributed by atoms with E-state index in [9.17, 15) is 8.42 Å². The summed E-state index contributed by atoms with van der Waals surface area (Å²) in [5, 5.41) is 13.3. The molecule has 0 atom stereocenters. The van der Waals surface area contributed by atoms with Crippen LogP contribution in [0.3, 0.4) is 0 Å². The summed E-state index contributed by atoms with van der Waals surface area (Å²) in [7, 11) is -1.94. The molecule has 0 unspecified atom stereocenters. The number of primary sulfonamides is 1. The van der Waals surface area contributed by atoms with Crippen LogP contribution < -0.4 is 10.5 Å². The van der Waals surface area contributed by atoms with Crippen molar-refractivity contribution in [2.75, 3.05) is 5.32 Å². The van der Waals surface area contributed by atoms with Gasteiger partial charge in [0, 0.05) is 13.6 Å². The highest BCUT2D eigenvalue weighted by Gasteiger charge is 2.15. The van der Waals surface area contributed by atoms with Crippen LogP contribution in [-0.4, -0.2) is 28.2 Å². The highest BCUT2D eigenvalue weighted by Crippen LogP contribution is 2.29. The Bertz CT molecular complexity index is 1020. The SMILES string of the molecule is Cn1nc(Br)c2c(NCc3ccc(S(N)(=O)=O)cc3)nc(Cl)nc21. The van der Waals surface area contributed by atoms with Crippen LogP contribution in [-0.2, 0) is 23.6 Å². The monoisotopic (exact) mass is 430 g/mol. The molecule has 0 fully saturated rings. The first-order valence-corrected chi connectivity index (χ1v) is 9.39. The van der Waals surface area contributed by atoms with Crippen LogP contribution in [0.25, 0.3) is 11.0 Å². The molecule has 0 saturated carbocycles. The third-order valence-corrected chi connectivity index (χ3v) is 4.98. The molecule has 0 saturated heterocycles. The molecule has 3 N–H and O–H groups in total. The van der Waals surface area contributed by atoms with E-state index in [2.05, 4.69) is 36.3 Å². The Morgan fingerprint density at radius 3 is 2.58 bits per heavy atom. The van der Waals surface area contributed by atoms with Crippen molar-refractivity contribution < 1.29 is 8.42 Å². The minimum absolute atomic E-state index is 0.0636. The van der Waals surface area contributed by atoms with Crippen molar-refractivity contribution in [1.29, 1.82) is 0 Å². The van der Waals surface area contributed by atoms with Gasteiger partial charge in [-0.25, -0.2) is 18.2 Å². The first-order valence-electron chi connectivity index (χ1n) is 6.67. The van der Waals surface area contributed by atoms with Crippen LogP contribution in [0, 0.1) is 0 Å². The molecule has 0 aliphatic heterocycles. The Morgan fingerprint density at radius 1 is 1.29 bits per heavy atom. The average molecular weight is 432 g/mol. The Balaban J connectivity index is 1.88. The van der Waals surface area contributed by atoms with Gasteiger partial charge in [0.25, 0.3) is 0 Å². The molecule has 0 spiro atoms. The molecule has 2 aromatic heterocycles. The maximum atomic E-state index is 11.3. The van der Waals surface area contributed by atoms with Crippen LogP contribution in [0.2, 0.25) is 5.28 Å². The third kappa shape index (κ3) is 3.36. The maximum Gasteiger partial charge on any atom is 0.238 e. The largest absolute Gasteiger partial charge is 0.365 e. The number of nitrogens with one attached hydrogen (secondary N) is 1. The number of nitrogens with two attached hydrogens (primary N) is 1. The van der Waals surface area contributed by atoms with Crippen molar-refractivity contribution in [3.8, 4) is 0 Å². The van der Waals surface area contributed by atoms with Crippen LogP contribution in [0.15, 0.2) is 33.8 Å². The van der Waals surface area contributed by atoms with Gasteiger partial charge >= 0.3 is 0 Å². The van der Waals surface area contributed by atoms with Gasteiger partial charge in [0.15, 0.2) is 5.65 Å². The Morgan fingerprint density at radius 2 is 1.96 bits per heavy atom. The van der Waals surface area contributed by atoms with Crippen LogP contribution in [0.4, 0.5) is 5.82 Å². The van der Waals surface area contributed by atoms with Gasteiger partial charge in [-0.05, 0) is 45.2 Å². The second-order valence-corrected chi connectivity index (χ2v) is 7.65. The van der Waals surface area contributed by atoms with E-state index in [4.69, 9.17) is 16.7 Å². The quantitative estimate of drug-likeness (QED) is 0.611. The first kappa shape index (κ1) is 17.1. The minimum Gasteiger partial charge on any atom is -0.365 e. The van der Waals surface area contributed by atoms with Gasteiger partial charge in [-0.1, -0.05) is 12.1 Å². The molecule has 126 valence electrons. The van der Waals surface area contributed by atoms with Crippen molar-refractivity contribution in [2.45, 2.75) is 11.4 Å². The Hall–Kier alpha value is -1.75. The zero-order valence-corrected chi connectivity index (χ0v) is 15.5. The van der Waals surface area contributed by atoms with Crippen molar-refractivity contribution in [3.63, 3.8) is 0 Å². The molecule has 2 heterocycles. The summed E-state index contributed by atoms with van der Waals surface area (Å²) >= 11 is 9.33. The number of benzene rings is 1. The maximum absolute atomic E-state index is 11.3. The molecule has 3 rings (SSSR count). The third-order valence-electron chi connectivity index (χ3n) is 3.33. The van der Waals surface area contributed by atoms with E-state index in [1.165, 1.54) is 12.1 Å². The number of aromatic nitrogens is 4. The fourth-order valence-electron chi connectivity index (χ4n) is 2.19. The number of hydrogen-bond acceptors (Lipinski definition) is 6. The number of nitrogens with zero attached hydrogens (tertiary/aromatic N) is 4. The standard InChI is InChI=1S/C13H12BrClN6O2S/c1-21-12-9(10(14)20-21)11(18-13(15)19-12)17-6-7-2-4-8(5-3-7)24(16,22)23/h2-5H,6H2,1H3,(H2,16,22,23)(H,17,18,19). The van der Waals surface area contributed by atoms with Gasteiger partial charge in [-0.2, -0.15) is 15.1 Å². The summed E-state index contributed by atoms with van der Waals surface area (Å²) in [4.78, 5) is 8.41. The minimum atomic E-state index is -3.70. The molecule has 11 heteroatoms. The molecule has 24 heavy (non-hydrogen) atoms. The van der Waals surface area contributed by atoms with Gasteiger partial charge < -0.3 is 5.32 Å². The molecule has 3 aromatic rings. The van der Waals surface area contributed by atoms with Crippen LogP contribution in [0.1, 0.15) is 5.56 Å². The average Bonchev–Trinajstić information content (AvgIpc) is 2.79. The lowest BCUT2D eigenvalue weighted by atomic mass is 10.2. The number of sulfonamides is 1. The van der Waals surface area contributed by atoms with Gasteiger partial charge in [0.1, 0.15) is 10.4 Å². The second-order valence-electron chi connectivity index (χ2n) is 5.00. The predicted octanol–water partition coefficient (Wildman–Crippen LogP) is 2.04. The lowest BCUT2D eigenvalue weighted by Crippen LogP contribution is -2.12. The van der Waals surface area contributed by atoms with E-state index in [-0.39, 0.29) is 10.2 Å². The zero-order valence-electron chi connectivity index (χ0n) is 12.4. The fourth-order valence-corrected chi connectivity index (χ4v) is 3.47. The van der Waals surface area contributed by atoms with Crippen molar-refractivity contribution in [3.05, 3.63) is 39.7 Å². The van der Waals surface area contributed by atoms with Gasteiger partial charge in [-0.15, -0.1) is 0 Å². The number of anilines is 1. The Kier molecular flexibility index (Phi) is 4.47. The smallest absolute Gasteiger partial charge is 0.238 e. The molecular formula is C13H12BrClN6O2S. The molecular weight excluding hydrogens is 420 g/mol. The molecule has 0 radical (unpaired) electrons. The lowest BCUT2D eigenvalue weighted by molar-refractivity contribution is 0.598. The molecule has 8 nitrogen and oxygen atoms in total. The first-order chi connectivity index (χ1) is 11.3. The lowest BCUT2D eigenvalue weighted by Gasteiger charge is -2.08. The van der Waals surface area contributed by atoms with E-state index in [0.29, 0.717) is 28.0 Å². The topological polar surface area (TPSA) is 116 Å². The molecule has 0 bridgehead atoms. The summed E-state index contributed by atoms with van der Waals surface area (Å²) in [5.74, 6) is 0.528. The Labute approximate surface area is 151 Å². The number of hydrogen-bond donors (Lipinski definition) is 2. The van der Waals surface area contributed by atoms with Crippen molar-refractivity contribution >= 4 is 54.4 Å². The number of halogens is 2. The van der Waals surface area contributed by atoms with E-state index < -0.39 is 10.0 Å². The number of aryl methyl sites for hydroxylation is 1. The van der Waals surface area contributed by atoms with E-state index in [0.717, 1.165) is 5.56 Å². The highest BCUT2D eigenvalue weighted by molar-refractivity contribution is 9.10. The fraction of sp³-hybridized carbons (Fsp3) is 0.154. The van der Waals surface area contributed by atoms with Gasteiger partial charge in [0.2, 0.25) is 15.3 Å². The summed E-state index contributed by atoms with van der Waals surface area (Å²) < 4.78 is 24.7. The van der Waals surface area contributed by atoms with Gasteiger partial charge in [-0.3, -0.25) is 0 Å². The van der Waals surface area contributed by atoms with Crippen LogP contribution >= 0.6 is 27.5 Å². The normalized spacial score (nSPS) is 11.8. The van der Waals surface area contributed by atoms with Crippen LogP contribution in [0.5, 0.6) is 0 Å². The summed E-state index contributed by atoms with van der Waals surface area (Å²) in [6, 6.07) is 6.25. The number of rotatable bonds is 4. The van der Waals surface area contributed by atoms with E-state index in [1.807, 2.05) is 0 Å². The van der Waals surface area contributed by atoms with E-state index in [1.54, 1.807) is 23.9 Å². The molecule has 0 aliphatic carbocycles. The summed E-state index contributed by atoms with van der Waals surface area (Å²) in [5.41, 5.74) is 1.44.